The molecule has 0 bridgehead atoms. The summed E-state index contributed by atoms with van der Waals surface area (Å²) in [5.74, 6) is -0.589. The summed E-state index contributed by atoms with van der Waals surface area (Å²) in [4.78, 5) is 14.8. The molecule has 190 valence electrons. The third-order valence-electron chi connectivity index (χ3n) is 5.50. The minimum absolute atomic E-state index is 0.0669. The number of nitrogens with zero attached hydrogens (tertiary/aromatic N) is 1. The molecule has 37 heavy (non-hydrogen) atoms. The van der Waals surface area contributed by atoms with Gasteiger partial charge in [-0.2, -0.15) is 8.42 Å². The third-order valence-corrected chi connectivity index (χ3v) is 6.76. The van der Waals surface area contributed by atoms with E-state index < -0.39 is 15.9 Å². The molecule has 0 saturated heterocycles. The minimum Gasteiger partial charge on any atom is -0.497 e. The molecular weight excluding hydrogens is 500 g/mol. The van der Waals surface area contributed by atoms with Gasteiger partial charge in [-0.05, 0) is 77.9 Å². The van der Waals surface area contributed by atoms with E-state index in [1.165, 1.54) is 31.4 Å². The van der Waals surface area contributed by atoms with Crippen molar-refractivity contribution in [2.75, 3.05) is 7.11 Å². The number of rotatable bonds is 9. The van der Waals surface area contributed by atoms with Crippen LogP contribution in [0.2, 0.25) is 0 Å². The summed E-state index contributed by atoms with van der Waals surface area (Å²) in [7, 11) is -2.63. The van der Waals surface area contributed by atoms with Crippen LogP contribution in [0.4, 0.5) is 8.78 Å². The van der Waals surface area contributed by atoms with Gasteiger partial charge in [0.2, 0.25) is 0 Å². The van der Waals surface area contributed by atoms with Crippen LogP contribution in [0, 0.1) is 11.6 Å². The van der Waals surface area contributed by atoms with Crippen LogP contribution < -0.4 is 8.92 Å². The van der Waals surface area contributed by atoms with E-state index in [1.54, 1.807) is 53.4 Å². The second-order valence-corrected chi connectivity index (χ2v) is 9.70. The van der Waals surface area contributed by atoms with Crippen molar-refractivity contribution < 1.29 is 30.9 Å². The Hall–Kier alpha value is -4.24. The number of carbonyl (C=O) groups is 1. The summed E-state index contributed by atoms with van der Waals surface area (Å²) in [6, 6.07) is 23.2. The molecule has 0 unspecified atom stereocenters. The first-order chi connectivity index (χ1) is 17.7. The molecule has 0 aromatic heterocycles. The average Bonchev–Trinajstić information content (AvgIpc) is 2.90. The van der Waals surface area contributed by atoms with Gasteiger partial charge in [-0.3, -0.25) is 4.79 Å². The average molecular weight is 524 g/mol. The van der Waals surface area contributed by atoms with Gasteiger partial charge < -0.3 is 13.8 Å². The monoisotopic (exact) mass is 523 g/mol. The number of hydrogen-bond acceptors (Lipinski definition) is 5. The second kappa shape index (κ2) is 11.2. The van der Waals surface area contributed by atoms with Gasteiger partial charge in [-0.25, -0.2) is 8.78 Å². The zero-order chi connectivity index (χ0) is 26.4. The van der Waals surface area contributed by atoms with Gasteiger partial charge in [0.15, 0.2) is 0 Å². The van der Waals surface area contributed by atoms with E-state index in [1.807, 2.05) is 0 Å². The number of halogens is 2. The Labute approximate surface area is 213 Å². The van der Waals surface area contributed by atoms with Crippen molar-refractivity contribution in [3.8, 4) is 11.5 Å². The number of hydrogen-bond donors (Lipinski definition) is 0. The Morgan fingerprint density at radius 1 is 0.757 bits per heavy atom. The Bertz CT molecular complexity index is 1470. The van der Waals surface area contributed by atoms with Gasteiger partial charge in [0, 0.05) is 18.7 Å². The number of ether oxygens (including phenoxy) is 1. The first-order valence-electron chi connectivity index (χ1n) is 11.2. The van der Waals surface area contributed by atoms with Crippen molar-refractivity contribution >= 4 is 16.0 Å². The molecule has 4 aromatic rings. The fraction of sp³-hybridized carbons (Fsp3) is 0.107. The van der Waals surface area contributed by atoms with E-state index in [9.17, 15) is 22.0 Å². The highest BCUT2D eigenvalue weighted by Gasteiger charge is 2.19. The van der Waals surface area contributed by atoms with Gasteiger partial charge in [-0.1, -0.05) is 30.3 Å². The molecule has 0 aliphatic carbocycles. The Balaban J connectivity index is 1.54. The summed E-state index contributed by atoms with van der Waals surface area (Å²) < 4.78 is 61.8. The van der Waals surface area contributed by atoms with E-state index >= 15 is 0 Å². The molecule has 4 rings (SSSR count). The lowest BCUT2D eigenvalue weighted by atomic mass is 10.1. The summed E-state index contributed by atoms with van der Waals surface area (Å²) in [5.41, 5.74) is 1.87. The molecule has 0 spiro atoms. The van der Waals surface area contributed by atoms with Crippen LogP contribution in [0.5, 0.6) is 11.5 Å². The van der Waals surface area contributed by atoms with Gasteiger partial charge >= 0.3 is 10.1 Å². The molecule has 0 aliphatic rings. The summed E-state index contributed by atoms with van der Waals surface area (Å²) >= 11 is 0. The van der Waals surface area contributed by atoms with Crippen molar-refractivity contribution in [1.29, 1.82) is 0 Å². The topological polar surface area (TPSA) is 72.9 Å². The fourth-order valence-electron chi connectivity index (χ4n) is 3.60. The predicted octanol–water partition coefficient (Wildman–Crippen LogP) is 5.58. The smallest absolute Gasteiger partial charge is 0.339 e. The van der Waals surface area contributed by atoms with E-state index in [2.05, 4.69) is 0 Å². The highest BCUT2D eigenvalue weighted by molar-refractivity contribution is 7.87. The Morgan fingerprint density at radius 3 is 1.86 bits per heavy atom. The van der Waals surface area contributed by atoms with Crippen molar-refractivity contribution in [1.82, 2.24) is 4.90 Å². The maximum atomic E-state index is 13.4. The third kappa shape index (κ3) is 6.71. The number of carbonyl (C=O) groups excluding carboxylic acids is 1. The standard InChI is InChI=1S/C28H23F2NO5S/c1-35-26-4-2-3-22(17-26)28(32)31(18-20-5-9-23(29)10-6-20)19-21-7-13-25(14-8-21)36-37(33,34)27-15-11-24(30)12-16-27/h2-17H,18-19H2,1H3. The number of methoxy groups -OCH3 is 1. The molecule has 6 nitrogen and oxygen atoms in total. The van der Waals surface area contributed by atoms with Gasteiger partial charge in [0.05, 0.1) is 7.11 Å². The second-order valence-electron chi connectivity index (χ2n) is 8.15. The lowest BCUT2D eigenvalue weighted by Gasteiger charge is -2.23. The van der Waals surface area contributed by atoms with Crippen LogP contribution in [0.25, 0.3) is 0 Å². The maximum absolute atomic E-state index is 13.4. The van der Waals surface area contributed by atoms with E-state index in [0.29, 0.717) is 16.9 Å². The van der Waals surface area contributed by atoms with E-state index in [4.69, 9.17) is 8.92 Å². The maximum Gasteiger partial charge on any atom is 0.339 e. The van der Waals surface area contributed by atoms with Gasteiger partial charge in [0.1, 0.15) is 28.0 Å². The predicted molar refractivity (Wildman–Crippen MR) is 134 cm³/mol. The van der Waals surface area contributed by atoms with E-state index in [-0.39, 0.29) is 35.5 Å². The normalized spacial score (nSPS) is 11.1. The van der Waals surface area contributed by atoms with Crippen LogP contribution in [0.1, 0.15) is 21.5 Å². The molecule has 0 atom stereocenters. The molecule has 0 heterocycles. The molecule has 4 aromatic carbocycles. The summed E-state index contributed by atoms with van der Waals surface area (Å²) in [6.45, 7) is 0.409. The fourth-order valence-corrected chi connectivity index (χ4v) is 4.53. The van der Waals surface area contributed by atoms with Crippen molar-refractivity contribution in [2.24, 2.45) is 0 Å². The summed E-state index contributed by atoms with van der Waals surface area (Å²) in [5, 5.41) is 0. The Morgan fingerprint density at radius 2 is 1.30 bits per heavy atom. The van der Waals surface area contributed by atoms with Crippen molar-refractivity contribution in [2.45, 2.75) is 18.0 Å². The molecule has 0 radical (unpaired) electrons. The molecular formula is C28H23F2NO5S. The van der Waals surface area contributed by atoms with Crippen LogP contribution in [-0.4, -0.2) is 26.3 Å². The van der Waals surface area contributed by atoms with E-state index in [0.717, 1.165) is 29.8 Å². The minimum atomic E-state index is -4.14. The van der Waals surface area contributed by atoms with Crippen LogP contribution in [-0.2, 0) is 23.2 Å². The molecule has 0 N–H and O–H groups in total. The van der Waals surface area contributed by atoms with Crippen LogP contribution >= 0.6 is 0 Å². The van der Waals surface area contributed by atoms with Crippen LogP contribution in [0.15, 0.2) is 102 Å². The largest absolute Gasteiger partial charge is 0.497 e. The SMILES string of the molecule is COc1cccc(C(=O)N(Cc2ccc(F)cc2)Cc2ccc(OS(=O)(=O)c3ccc(F)cc3)cc2)c1. The molecule has 0 saturated carbocycles. The number of amides is 1. The van der Waals surface area contributed by atoms with Gasteiger partial charge in [0.25, 0.3) is 5.91 Å². The highest BCUT2D eigenvalue weighted by Crippen LogP contribution is 2.22. The zero-order valence-electron chi connectivity index (χ0n) is 19.8. The first kappa shape index (κ1) is 25.8. The molecule has 9 heteroatoms. The van der Waals surface area contributed by atoms with Crippen molar-refractivity contribution in [3.63, 3.8) is 0 Å². The molecule has 1 amide bonds. The first-order valence-corrected chi connectivity index (χ1v) is 12.6. The molecule has 0 aliphatic heterocycles. The summed E-state index contributed by atoms with van der Waals surface area (Å²) in [6.07, 6.45) is 0. The quantitative estimate of drug-likeness (QED) is 0.268. The van der Waals surface area contributed by atoms with Crippen molar-refractivity contribution in [3.05, 3.63) is 125 Å². The lowest BCUT2D eigenvalue weighted by Crippen LogP contribution is -2.30. The number of benzene rings is 4. The molecule has 0 fully saturated rings. The zero-order valence-corrected chi connectivity index (χ0v) is 20.6. The Kier molecular flexibility index (Phi) is 7.83. The van der Waals surface area contributed by atoms with Gasteiger partial charge in [-0.15, -0.1) is 0 Å². The van der Waals surface area contributed by atoms with Crippen LogP contribution in [0.3, 0.4) is 0 Å². The lowest BCUT2D eigenvalue weighted by molar-refractivity contribution is 0.0729. The highest BCUT2D eigenvalue weighted by atomic mass is 32.2.